The Morgan fingerprint density at radius 2 is 1.61 bits per heavy atom. The lowest BCUT2D eigenvalue weighted by molar-refractivity contribution is 0.213. The molecule has 1 aliphatic heterocycles. The van der Waals surface area contributed by atoms with Crippen molar-refractivity contribution in [3.05, 3.63) is 6.07 Å². The van der Waals surface area contributed by atoms with E-state index in [-0.39, 0.29) is 0 Å². The highest BCUT2D eigenvalue weighted by Crippen LogP contribution is 2.47. The van der Waals surface area contributed by atoms with Crippen molar-refractivity contribution >= 4 is 25.2 Å². The van der Waals surface area contributed by atoms with E-state index in [4.69, 9.17) is 19.8 Å². The summed E-state index contributed by atoms with van der Waals surface area (Å²) in [7, 11) is -3.03. The molecule has 2 aliphatic carbocycles. The molecule has 0 spiro atoms. The zero-order valence-corrected chi connectivity index (χ0v) is 28.5. The van der Waals surface area contributed by atoms with E-state index in [1.54, 1.807) is 0 Å². The predicted octanol–water partition coefficient (Wildman–Crippen LogP) is 4.96. The lowest BCUT2D eigenvalue weighted by atomic mass is 9.82. The fourth-order valence-corrected chi connectivity index (χ4v) is 8.60. The molecule has 1 aromatic rings. The second-order valence-electron chi connectivity index (χ2n) is 12.9. The summed E-state index contributed by atoms with van der Waals surface area (Å²) in [6.07, 6.45) is 14.7. The third-order valence-electron chi connectivity index (χ3n) is 9.50. The van der Waals surface area contributed by atoms with Crippen LogP contribution in [0.3, 0.4) is 0 Å². The number of nitrogens with two attached hydrogens (primary N) is 1. The highest BCUT2D eigenvalue weighted by atomic mass is 31.2. The number of anilines is 3. The van der Waals surface area contributed by atoms with Crippen molar-refractivity contribution in [2.24, 2.45) is 11.8 Å². The molecule has 1 aromatic heterocycles. The minimum atomic E-state index is -3.03. The largest absolute Gasteiger partial charge is 0.383 e. The summed E-state index contributed by atoms with van der Waals surface area (Å²) in [5.74, 6) is 3.44. The zero-order valence-electron chi connectivity index (χ0n) is 27.6. The van der Waals surface area contributed by atoms with Crippen LogP contribution in [-0.2, 0) is 13.6 Å². The molecule has 1 saturated heterocycles. The van der Waals surface area contributed by atoms with Crippen molar-refractivity contribution in [3.63, 3.8) is 0 Å². The van der Waals surface area contributed by atoms with Crippen LogP contribution in [0, 0.1) is 11.8 Å². The number of hydrogen-bond acceptors (Lipinski definition) is 11. The number of hydrogen-bond donors (Lipinski definition) is 4. The van der Waals surface area contributed by atoms with Crippen LogP contribution in [0.5, 0.6) is 0 Å². The van der Waals surface area contributed by atoms with E-state index >= 15 is 0 Å². The third-order valence-corrected chi connectivity index (χ3v) is 11.6. The standard InChI is InChI=1S/C32H61N8O3P/c1-3-42-44(41,43-4-2)23-22-39-18-9-19-40(21-20-39)31-24-30(33)37-32(38-31)36-26-28-14-12-27(13-15-28)25-34-16-8-17-35-29-10-6-5-7-11-29/h24,27-29,34-35H,3-23,25-26H2,1-2H3,(H3,33,36,37,38). The van der Waals surface area contributed by atoms with Gasteiger partial charge in [0.15, 0.2) is 0 Å². The molecule has 0 amide bonds. The first-order valence-corrected chi connectivity index (χ1v) is 19.4. The Hall–Kier alpha value is -1.49. The molecule has 2 heterocycles. The molecule has 3 fully saturated rings. The maximum Gasteiger partial charge on any atom is 0.331 e. The average Bonchev–Trinajstić information content (AvgIpc) is 3.28. The van der Waals surface area contributed by atoms with Gasteiger partial charge >= 0.3 is 7.60 Å². The van der Waals surface area contributed by atoms with Crippen molar-refractivity contribution in [3.8, 4) is 0 Å². The maximum absolute atomic E-state index is 12.9. The first-order valence-electron chi connectivity index (χ1n) is 17.6. The summed E-state index contributed by atoms with van der Waals surface area (Å²) in [6.45, 7) is 13.0. The van der Waals surface area contributed by atoms with Gasteiger partial charge < -0.3 is 40.5 Å². The van der Waals surface area contributed by atoms with E-state index in [0.717, 1.165) is 76.6 Å². The molecule has 3 aliphatic rings. The summed E-state index contributed by atoms with van der Waals surface area (Å²) >= 11 is 0. The molecule has 252 valence electrons. The molecule has 0 radical (unpaired) electrons. The molecule has 0 aromatic carbocycles. The van der Waals surface area contributed by atoms with Crippen molar-refractivity contribution < 1.29 is 13.6 Å². The Morgan fingerprint density at radius 1 is 0.886 bits per heavy atom. The number of rotatable bonds is 18. The second-order valence-corrected chi connectivity index (χ2v) is 15.1. The van der Waals surface area contributed by atoms with Crippen molar-refractivity contribution in [2.75, 3.05) is 94.2 Å². The first-order chi connectivity index (χ1) is 21.5. The summed E-state index contributed by atoms with van der Waals surface area (Å²) in [6, 6.07) is 2.65. The number of nitrogens with one attached hydrogen (secondary N) is 3. The van der Waals surface area contributed by atoms with E-state index in [1.165, 1.54) is 64.2 Å². The molecule has 0 unspecified atom stereocenters. The summed E-state index contributed by atoms with van der Waals surface area (Å²) < 4.78 is 23.8. The average molecular weight is 637 g/mol. The van der Waals surface area contributed by atoms with Crippen molar-refractivity contribution in [2.45, 2.75) is 90.5 Å². The molecular weight excluding hydrogens is 575 g/mol. The van der Waals surface area contributed by atoms with Gasteiger partial charge in [-0.05, 0) is 103 Å². The molecule has 12 heteroatoms. The summed E-state index contributed by atoms with van der Waals surface area (Å²) in [5, 5.41) is 11.0. The topological polar surface area (TPSA) is 130 Å². The van der Waals surface area contributed by atoms with Crippen molar-refractivity contribution in [1.29, 1.82) is 0 Å². The van der Waals surface area contributed by atoms with Crippen LogP contribution in [0.25, 0.3) is 0 Å². The van der Waals surface area contributed by atoms with Crippen molar-refractivity contribution in [1.82, 2.24) is 25.5 Å². The monoisotopic (exact) mass is 636 g/mol. The van der Waals surface area contributed by atoms with Gasteiger partial charge in [0.25, 0.3) is 0 Å². The van der Waals surface area contributed by atoms with E-state index in [0.29, 0.717) is 43.6 Å². The van der Waals surface area contributed by atoms with Gasteiger partial charge in [0.05, 0.1) is 19.4 Å². The Kier molecular flexibility index (Phi) is 15.5. The Balaban J connectivity index is 1.12. The van der Waals surface area contributed by atoms with Crippen LogP contribution in [0.15, 0.2) is 6.07 Å². The van der Waals surface area contributed by atoms with Gasteiger partial charge in [0, 0.05) is 44.8 Å². The molecule has 4 rings (SSSR count). The van der Waals surface area contributed by atoms with Crippen LogP contribution in [0.1, 0.15) is 84.5 Å². The normalized spacial score (nSPS) is 22.6. The lowest BCUT2D eigenvalue weighted by Crippen LogP contribution is -2.34. The van der Waals surface area contributed by atoms with Crippen LogP contribution in [0.2, 0.25) is 0 Å². The van der Waals surface area contributed by atoms with E-state index in [9.17, 15) is 4.57 Å². The Bertz CT molecular complexity index is 980. The van der Waals surface area contributed by atoms with E-state index in [2.05, 4.69) is 30.7 Å². The SMILES string of the molecule is CCOP(=O)(CCN1CCCN(c2cc(N)nc(NCC3CCC(CNCCCNC4CCCCC4)CC3)n2)CC1)OCC. The van der Waals surface area contributed by atoms with E-state index < -0.39 is 7.60 Å². The fraction of sp³-hybridized carbons (Fsp3) is 0.875. The van der Waals surface area contributed by atoms with Crippen LogP contribution in [0.4, 0.5) is 17.6 Å². The molecule has 0 bridgehead atoms. The lowest BCUT2D eigenvalue weighted by Gasteiger charge is -2.29. The van der Waals surface area contributed by atoms with Gasteiger partial charge in [0.2, 0.25) is 5.95 Å². The molecule has 0 atom stereocenters. The predicted molar refractivity (Wildman–Crippen MR) is 182 cm³/mol. The van der Waals surface area contributed by atoms with Gasteiger partial charge in [-0.2, -0.15) is 9.97 Å². The minimum Gasteiger partial charge on any atom is -0.383 e. The smallest absolute Gasteiger partial charge is 0.331 e. The fourth-order valence-electron chi connectivity index (χ4n) is 6.95. The Labute approximate surface area is 266 Å². The van der Waals surface area contributed by atoms with Crippen LogP contribution >= 0.6 is 7.60 Å². The minimum absolute atomic E-state index is 0.397. The molecule has 11 nitrogen and oxygen atoms in total. The third kappa shape index (κ3) is 12.4. The maximum atomic E-state index is 12.9. The van der Waals surface area contributed by atoms with Gasteiger partial charge in [0.1, 0.15) is 11.6 Å². The number of aromatic nitrogens is 2. The number of nitrogen functional groups attached to an aromatic ring is 1. The van der Waals surface area contributed by atoms with E-state index in [1.807, 2.05) is 19.9 Å². The first kappa shape index (κ1) is 35.4. The highest BCUT2D eigenvalue weighted by molar-refractivity contribution is 7.53. The molecular formula is C32H61N8O3P. The highest BCUT2D eigenvalue weighted by Gasteiger charge is 2.26. The van der Waals surface area contributed by atoms with Crippen LogP contribution in [-0.4, -0.2) is 99.2 Å². The zero-order chi connectivity index (χ0) is 31.0. The second kappa shape index (κ2) is 19.2. The van der Waals surface area contributed by atoms with Gasteiger partial charge in [-0.25, -0.2) is 0 Å². The summed E-state index contributed by atoms with van der Waals surface area (Å²) in [4.78, 5) is 14.0. The van der Waals surface area contributed by atoms with Gasteiger partial charge in [-0.15, -0.1) is 0 Å². The summed E-state index contributed by atoms with van der Waals surface area (Å²) in [5.41, 5.74) is 6.23. The Morgan fingerprint density at radius 3 is 2.34 bits per heavy atom. The van der Waals surface area contributed by atoms with Crippen LogP contribution < -0.4 is 26.6 Å². The quantitative estimate of drug-likeness (QED) is 0.129. The molecule has 5 N–H and O–H groups in total. The van der Waals surface area contributed by atoms with Gasteiger partial charge in [-0.1, -0.05) is 19.3 Å². The van der Waals surface area contributed by atoms with Gasteiger partial charge in [-0.3, -0.25) is 4.57 Å². The number of nitrogens with zero attached hydrogens (tertiary/aromatic N) is 4. The molecule has 2 saturated carbocycles. The molecule has 44 heavy (non-hydrogen) atoms.